The number of carbonyl (C=O) groups excluding carboxylic acids is 4. The number of hydrogen-bond donors (Lipinski definition) is 2. The second kappa shape index (κ2) is 7.50. The first kappa shape index (κ1) is 19.1. The molecule has 1 aromatic rings. The molecule has 2 N–H and O–H groups in total. The normalized spacial score (nSPS) is 24.8. The number of anilines is 1. The highest BCUT2D eigenvalue weighted by Crippen LogP contribution is 2.38. The van der Waals surface area contributed by atoms with Crippen LogP contribution in [0.1, 0.15) is 56.3 Å². The van der Waals surface area contributed by atoms with E-state index >= 15 is 0 Å². The molecule has 1 aromatic carbocycles. The van der Waals surface area contributed by atoms with Gasteiger partial charge in [0.2, 0.25) is 5.91 Å². The molecule has 27 heavy (non-hydrogen) atoms. The molecular formula is C20H25N3O4. The number of benzene rings is 1. The monoisotopic (exact) mass is 371 g/mol. The number of carbonyl (C=O) groups is 4. The minimum atomic E-state index is -0.857. The Morgan fingerprint density at radius 3 is 2.56 bits per heavy atom. The Bertz CT molecular complexity index is 774. The van der Waals surface area contributed by atoms with Crippen molar-refractivity contribution in [2.45, 2.75) is 51.5 Å². The van der Waals surface area contributed by atoms with Crippen LogP contribution in [-0.4, -0.2) is 40.6 Å². The number of nitrogens with one attached hydrogen (secondary N) is 2. The Balaban J connectivity index is 1.69. The van der Waals surface area contributed by atoms with Gasteiger partial charge in [-0.15, -0.1) is 0 Å². The van der Waals surface area contributed by atoms with Crippen LogP contribution in [0.4, 0.5) is 10.5 Å². The number of amides is 4. The summed E-state index contributed by atoms with van der Waals surface area (Å²) in [5.41, 5.74) is 0.135. The van der Waals surface area contributed by atoms with Gasteiger partial charge < -0.3 is 10.6 Å². The van der Waals surface area contributed by atoms with Gasteiger partial charge >= 0.3 is 6.03 Å². The maximum absolute atomic E-state index is 12.9. The predicted octanol–water partition coefficient (Wildman–Crippen LogP) is 2.72. The molecule has 3 rings (SSSR count). The van der Waals surface area contributed by atoms with Crippen molar-refractivity contribution >= 4 is 29.3 Å². The Labute approximate surface area is 158 Å². The third kappa shape index (κ3) is 3.59. The fourth-order valence-electron chi connectivity index (χ4n) is 3.86. The Hall–Kier alpha value is -2.70. The van der Waals surface area contributed by atoms with Crippen molar-refractivity contribution in [2.24, 2.45) is 5.92 Å². The van der Waals surface area contributed by atoms with Crippen molar-refractivity contribution in [3.8, 4) is 0 Å². The fraction of sp³-hybridized carbons (Fsp3) is 0.500. The van der Waals surface area contributed by atoms with E-state index in [0.717, 1.165) is 24.2 Å². The molecule has 144 valence electrons. The first-order chi connectivity index (χ1) is 12.9. The van der Waals surface area contributed by atoms with E-state index in [1.807, 2.05) is 6.92 Å². The molecular weight excluding hydrogens is 346 g/mol. The van der Waals surface area contributed by atoms with Crippen LogP contribution < -0.4 is 10.6 Å². The standard InChI is InChI=1S/C20H25N3O4/c1-3-17(25)21-15-9-7-14(8-10-15)16(24)12-23-18(26)20(22-19(23)27)11-5-4-6-13(20)2/h7-10,13H,3-6,11-12H2,1-2H3,(H,21,25)(H,22,27)/t13-,20+/m0/s1. The minimum Gasteiger partial charge on any atom is -0.326 e. The van der Waals surface area contributed by atoms with Gasteiger partial charge in [0.25, 0.3) is 5.91 Å². The molecule has 1 saturated carbocycles. The highest BCUT2D eigenvalue weighted by atomic mass is 16.2. The van der Waals surface area contributed by atoms with E-state index in [-0.39, 0.29) is 30.1 Å². The predicted molar refractivity (Wildman–Crippen MR) is 100 cm³/mol. The van der Waals surface area contributed by atoms with Crippen LogP contribution in [0.3, 0.4) is 0 Å². The molecule has 7 heteroatoms. The highest BCUT2D eigenvalue weighted by Gasteiger charge is 2.55. The van der Waals surface area contributed by atoms with Gasteiger partial charge in [-0.2, -0.15) is 0 Å². The lowest BCUT2D eigenvalue weighted by Crippen LogP contribution is -2.54. The maximum Gasteiger partial charge on any atom is 0.325 e. The number of ketones is 1. The van der Waals surface area contributed by atoms with Crippen LogP contribution in [0.25, 0.3) is 0 Å². The lowest BCUT2D eigenvalue weighted by atomic mass is 9.73. The summed E-state index contributed by atoms with van der Waals surface area (Å²) in [5.74, 6) is -0.656. The number of hydrogen-bond acceptors (Lipinski definition) is 4. The van der Waals surface area contributed by atoms with Gasteiger partial charge in [0.05, 0.1) is 6.54 Å². The zero-order chi connectivity index (χ0) is 19.6. The molecule has 0 unspecified atom stereocenters. The summed E-state index contributed by atoms with van der Waals surface area (Å²) in [5, 5.41) is 5.56. The third-order valence-electron chi connectivity index (χ3n) is 5.61. The van der Waals surface area contributed by atoms with E-state index in [9.17, 15) is 19.2 Å². The van der Waals surface area contributed by atoms with Crippen LogP contribution in [-0.2, 0) is 9.59 Å². The largest absolute Gasteiger partial charge is 0.326 e. The SMILES string of the molecule is CCC(=O)Nc1ccc(C(=O)CN2C(=O)N[C@@]3(CCCC[C@@H]3C)C2=O)cc1. The lowest BCUT2D eigenvalue weighted by molar-refractivity contribution is -0.133. The number of Topliss-reactive ketones (excluding diaryl/α,β-unsaturated/α-hetero) is 1. The van der Waals surface area contributed by atoms with E-state index in [2.05, 4.69) is 10.6 Å². The van der Waals surface area contributed by atoms with E-state index in [4.69, 9.17) is 0 Å². The number of imide groups is 1. The van der Waals surface area contributed by atoms with E-state index < -0.39 is 11.6 Å². The molecule has 0 aromatic heterocycles. The van der Waals surface area contributed by atoms with Gasteiger partial charge in [-0.3, -0.25) is 19.3 Å². The average Bonchev–Trinajstić information content (AvgIpc) is 2.89. The molecule has 0 bridgehead atoms. The first-order valence-corrected chi connectivity index (χ1v) is 9.44. The first-order valence-electron chi connectivity index (χ1n) is 9.44. The molecule has 1 aliphatic heterocycles. The molecule has 1 spiro atoms. The maximum atomic E-state index is 12.9. The smallest absolute Gasteiger partial charge is 0.325 e. The Morgan fingerprint density at radius 1 is 1.22 bits per heavy atom. The Kier molecular flexibility index (Phi) is 5.30. The number of rotatable bonds is 5. The van der Waals surface area contributed by atoms with Crippen molar-refractivity contribution in [3.05, 3.63) is 29.8 Å². The summed E-state index contributed by atoms with van der Waals surface area (Å²) >= 11 is 0. The fourth-order valence-corrected chi connectivity index (χ4v) is 3.86. The summed E-state index contributed by atoms with van der Waals surface area (Å²) in [6.07, 6.45) is 3.82. The summed E-state index contributed by atoms with van der Waals surface area (Å²) in [6.45, 7) is 3.46. The third-order valence-corrected chi connectivity index (χ3v) is 5.61. The van der Waals surface area contributed by atoms with Gasteiger partial charge in [0.15, 0.2) is 5.78 Å². The van der Waals surface area contributed by atoms with Crippen molar-refractivity contribution in [3.63, 3.8) is 0 Å². The molecule has 1 saturated heterocycles. The van der Waals surface area contributed by atoms with E-state index in [1.54, 1.807) is 31.2 Å². The van der Waals surface area contributed by atoms with Crippen LogP contribution in [0.15, 0.2) is 24.3 Å². The van der Waals surface area contributed by atoms with Crippen LogP contribution in [0.5, 0.6) is 0 Å². The minimum absolute atomic E-state index is 0.0595. The van der Waals surface area contributed by atoms with Crippen LogP contribution >= 0.6 is 0 Å². The summed E-state index contributed by atoms with van der Waals surface area (Å²) in [7, 11) is 0. The molecule has 2 atom stereocenters. The molecule has 0 radical (unpaired) electrons. The van der Waals surface area contributed by atoms with Crippen molar-refractivity contribution in [2.75, 3.05) is 11.9 Å². The van der Waals surface area contributed by atoms with Gasteiger partial charge in [0.1, 0.15) is 5.54 Å². The number of urea groups is 1. The van der Waals surface area contributed by atoms with Crippen molar-refractivity contribution in [1.29, 1.82) is 0 Å². The zero-order valence-corrected chi connectivity index (χ0v) is 15.7. The lowest BCUT2D eigenvalue weighted by Gasteiger charge is -2.36. The van der Waals surface area contributed by atoms with Gasteiger partial charge in [-0.05, 0) is 43.0 Å². The molecule has 2 fully saturated rings. The molecule has 1 heterocycles. The Morgan fingerprint density at radius 2 is 1.93 bits per heavy atom. The second-order valence-corrected chi connectivity index (χ2v) is 7.34. The van der Waals surface area contributed by atoms with Crippen LogP contribution in [0, 0.1) is 5.92 Å². The van der Waals surface area contributed by atoms with Crippen molar-refractivity contribution < 1.29 is 19.2 Å². The molecule has 4 amide bonds. The quantitative estimate of drug-likeness (QED) is 0.614. The highest BCUT2D eigenvalue weighted by molar-refractivity contribution is 6.11. The average molecular weight is 371 g/mol. The topological polar surface area (TPSA) is 95.6 Å². The van der Waals surface area contributed by atoms with Crippen molar-refractivity contribution in [1.82, 2.24) is 10.2 Å². The summed E-state index contributed by atoms with van der Waals surface area (Å²) in [4.78, 5) is 50.3. The molecule has 1 aliphatic carbocycles. The van der Waals surface area contributed by atoms with Crippen LogP contribution in [0.2, 0.25) is 0 Å². The second-order valence-electron chi connectivity index (χ2n) is 7.34. The number of nitrogens with zero attached hydrogens (tertiary/aromatic N) is 1. The van der Waals surface area contributed by atoms with Gasteiger partial charge in [-0.1, -0.05) is 26.7 Å². The van der Waals surface area contributed by atoms with Gasteiger partial charge in [-0.25, -0.2) is 4.79 Å². The summed E-state index contributed by atoms with van der Waals surface area (Å²) < 4.78 is 0. The van der Waals surface area contributed by atoms with E-state index in [1.165, 1.54) is 0 Å². The van der Waals surface area contributed by atoms with E-state index in [0.29, 0.717) is 24.1 Å². The zero-order valence-electron chi connectivity index (χ0n) is 15.7. The molecule has 7 nitrogen and oxygen atoms in total. The summed E-state index contributed by atoms with van der Waals surface area (Å²) in [6, 6.07) is 5.96. The molecule has 2 aliphatic rings. The van der Waals surface area contributed by atoms with Gasteiger partial charge in [0, 0.05) is 17.7 Å².